The van der Waals surface area contributed by atoms with Gasteiger partial charge in [-0.1, -0.05) is 0 Å². The van der Waals surface area contributed by atoms with Crippen LogP contribution in [0.5, 0.6) is 0 Å². The standard InChI is InChI=1S/C9H17NO6/c11-2-4-15-6-8-16-7-5-14-3-1-10-9(12)13/h2,10H,1,3-8H2,(H,12,13). The Labute approximate surface area is 93.7 Å². The van der Waals surface area contributed by atoms with E-state index in [0.717, 1.165) is 0 Å². The third-order valence-electron chi connectivity index (χ3n) is 1.45. The summed E-state index contributed by atoms with van der Waals surface area (Å²) in [6.45, 7) is 2.26. The first-order valence-corrected chi connectivity index (χ1v) is 4.91. The van der Waals surface area contributed by atoms with Crippen LogP contribution >= 0.6 is 0 Å². The Bertz CT molecular complexity index is 187. The van der Waals surface area contributed by atoms with Crippen LogP contribution in [0.4, 0.5) is 4.79 Å². The summed E-state index contributed by atoms with van der Waals surface area (Å²) in [6, 6.07) is 0. The Morgan fingerprint density at radius 2 is 1.62 bits per heavy atom. The van der Waals surface area contributed by atoms with Crippen LogP contribution in [0.3, 0.4) is 0 Å². The summed E-state index contributed by atoms with van der Waals surface area (Å²) >= 11 is 0. The van der Waals surface area contributed by atoms with Gasteiger partial charge in [0, 0.05) is 6.54 Å². The van der Waals surface area contributed by atoms with Gasteiger partial charge in [-0.2, -0.15) is 0 Å². The molecule has 0 heterocycles. The third-order valence-corrected chi connectivity index (χ3v) is 1.45. The van der Waals surface area contributed by atoms with E-state index in [1.165, 1.54) is 0 Å². The average Bonchev–Trinajstić information content (AvgIpc) is 2.25. The Kier molecular flexibility index (Phi) is 11.0. The van der Waals surface area contributed by atoms with E-state index in [1.54, 1.807) is 0 Å². The highest BCUT2D eigenvalue weighted by Crippen LogP contribution is 1.80. The van der Waals surface area contributed by atoms with E-state index in [9.17, 15) is 9.59 Å². The number of hydrogen-bond donors (Lipinski definition) is 2. The van der Waals surface area contributed by atoms with E-state index < -0.39 is 6.09 Å². The highest BCUT2D eigenvalue weighted by Gasteiger charge is 1.93. The topological polar surface area (TPSA) is 94.1 Å². The molecule has 0 bridgehead atoms. The maximum absolute atomic E-state index is 10.0. The number of ether oxygens (including phenoxy) is 3. The molecule has 2 N–H and O–H groups in total. The number of amides is 1. The monoisotopic (exact) mass is 235 g/mol. The smallest absolute Gasteiger partial charge is 0.404 e. The van der Waals surface area contributed by atoms with Crippen molar-refractivity contribution in [2.45, 2.75) is 0 Å². The summed E-state index contributed by atoms with van der Waals surface area (Å²) in [7, 11) is 0. The van der Waals surface area contributed by atoms with Crippen LogP contribution in [0.25, 0.3) is 0 Å². The van der Waals surface area contributed by atoms with Crippen molar-refractivity contribution >= 4 is 12.4 Å². The molecule has 0 atom stereocenters. The number of rotatable bonds is 11. The van der Waals surface area contributed by atoms with E-state index >= 15 is 0 Å². The maximum atomic E-state index is 10.0. The van der Waals surface area contributed by atoms with Crippen LogP contribution in [0.1, 0.15) is 0 Å². The largest absolute Gasteiger partial charge is 0.465 e. The molecular formula is C9H17NO6. The van der Waals surface area contributed by atoms with E-state index in [1.807, 2.05) is 0 Å². The van der Waals surface area contributed by atoms with E-state index in [4.69, 9.17) is 19.3 Å². The van der Waals surface area contributed by atoms with Crippen molar-refractivity contribution in [1.82, 2.24) is 5.32 Å². The van der Waals surface area contributed by atoms with Gasteiger partial charge in [0.25, 0.3) is 0 Å². The van der Waals surface area contributed by atoms with Crippen LogP contribution in [0.15, 0.2) is 0 Å². The lowest BCUT2D eigenvalue weighted by atomic mass is 10.6. The van der Waals surface area contributed by atoms with Gasteiger partial charge in [0.2, 0.25) is 0 Å². The summed E-state index contributed by atoms with van der Waals surface area (Å²) in [4.78, 5) is 19.9. The first kappa shape index (κ1) is 14.8. The van der Waals surface area contributed by atoms with Crippen molar-refractivity contribution in [2.75, 3.05) is 46.2 Å². The number of carboxylic acid groups (broad SMARTS) is 1. The number of carbonyl (C=O) groups excluding carboxylic acids is 1. The van der Waals surface area contributed by atoms with Crippen molar-refractivity contribution < 1.29 is 28.9 Å². The van der Waals surface area contributed by atoms with E-state index in [0.29, 0.717) is 39.3 Å². The molecule has 0 aromatic heterocycles. The molecule has 0 rings (SSSR count). The van der Waals surface area contributed by atoms with E-state index in [-0.39, 0.29) is 13.2 Å². The predicted octanol–water partition coefficient (Wildman–Crippen LogP) is -0.497. The summed E-state index contributed by atoms with van der Waals surface area (Å²) in [5.41, 5.74) is 0. The number of aldehydes is 1. The lowest BCUT2D eigenvalue weighted by molar-refractivity contribution is -0.112. The second kappa shape index (κ2) is 11.9. The molecule has 16 heavy (non-hydrogen) atoms. The van der Waals surface area contributed by atoms with Crippen molar-refractivity contribution in [1.29, 1.82) is 0 Å². The zero-order chi connectivity index (χ0) is 12.1. The second-order valence-corrected chi connectivity index (χ2v) is 2.70. The normalized spacial score (nSPS) is 10.0. The molecule has 0 saturated carbocycles. The van der Waals surface area contributed by atoms with Gasteiger partial charge in [-0.05, 0) is 0 Å². The molecule has 94 valence electrons. The lowest BCUT2D eigenvalue weighted by Crippen LogP contribution is -2.25. The molecule has 0 radical (unpaired) electrons. The molecular weight excluding hydrogens is 218 g/mol. The van der Waals surface area contributed by atoms with E-state index in [2.05, 4.69) is 5.32 Å². The summed E-state index contributed by atoms with van der Waals surface area (Å²) < 4.78 is 15.0. The molecule has 0 aromatic rings. The van der Waals surface area contributed by atoms with Crippen molar-refractivity contribution in [2.24, 2.45) is 0 Å². The number of carbonyl (C=O) groups is 2. The van der Waals surface area contributed by atoms with Gasteiger partial charge in [0.05, 0.1) is 33.0 Å². The van der Waals surface area contributed by atoms with Gasteiger partial charge in [-0.15, -0.1) is 0 Å². The average molecular weight is 235 g/mol. The molecule has 0 saturated heterocycles. The van der Waals surface area contributed by atoms with Gasteiger partial charge in [0.1, 0.15) is 12.9 Å². The van der Waals surface area contributed by atoms with Crippen LogP contribution in [0, 0.1) is 0 Å². The first-order valence-electron chi connectivity index (χ1n) is 4.91. The van der Waals surface area contributed by atoms with Crippen molar-refractivity contribution in [3.63, 3.8) is 0 Å². The van der Waals surface area contributed by atoms with Crippen LogP contribution < -0.4 is 5.32 Å². The second-order valence-electron chi connectivity index (χ2n) is 2.70. The minimum absolute atomic E-state index is 0.0840. The lowest BCUT2D eigenvalue weighted by Gasteiger charge is -2.05. The first-order chi connectivity index (χ1) is 7.77. The SMILES string of the molecule is O=CCOCCOCCOCCNC(=O)O. The Morgan fingerprint density at radius 3 is 2.19 bits per heavy atom. The quantitative estimate of drug-likeness (QED) is 0.370. The van der Waals surface area contributed by atoms with Gasteiger partial charge < -0.3 is 29.4 Å². The fourth-order valence-corrected chi connectivity index (χ4v) is 0.801. The summed E-state index contributed by atoms with van der Waals surface area (Å²) in [5, 5.41) is 10.4. The molecule has 0 aliphatic rings. The number of nitrogens with one attached hydrogen (secondary N) is 1. The molecule has 7 heteroatoms. The summed E-state index contributed by atoms with van der Waals surface area (Å²) in [6.07, 6.45) is -0.384. The molecule has 0 aliphatic carbocycles. The van der Waals surface area contributed by atoms with Gasteiger partial charge >= 0.3 is 6.09 Å². The Balaban J connectivity index is 2.93. The zero-order valence-corrected chi connectivity index (χ0v) is 9.02. The minimum atomic E-state index is -1.06. The fraction of sp³-hybridized carbons (Fsp3) is 0.778. The zero-order valence-electron chi connectivity index (χ0n) is 9.02. The molecule has 1 amide bonds. The highest BCUT2D eigenvalue weighted by atomic mass is 16.5. The minimum Gasteiger partial charge on any atom is -0.465 e. The summed E-state index contributed by atoms with van der Waals surface area (Å²) in [5.74, 6) is 0. The maximum Gasteiger partial charge on any atom is 0.404 e. The van der Waals surface area contributed by atoms with Crippen molar-refractivity contribution in [3.05, 3.63) is 0 Å². The predicted molar refractivity (Wildman–Crippen MR) is 54.5 cm³/mol. The molecule has 0 unspecified atom stereocenters. The van der Waals surface area contributed by atoms with Crippen molar-refractivity contribution in [3.8, 4) is 0 Å². The third kappa shape index (κ3) is 12.8. The van der Waals surface area contributed by atoms with Crippen LogP contribution in [-0.2, 0) is 19.0 Å². The molecule has 0 aliphatic heterocycles. The van der Waals surface area contributed by atoms with Gasteiger partial charge in [-0.3, -0.25) is 0 Å². The molecule has 0 aromatic carbocycles. The molecule has 7 nitrogen and oxygen atoms in total. The Hall–Kier alpha value is -1.18. The fourth-order valence-electron chi connectivity index (χ4n) is 0.801. The van der Waals surface area contributed by atoms with Gasteiger partial charge in [0.15, 0.2) is 0 Å². The Morgan fingerprint density at radius 1 is 1.06 bits per heavy atom. The highest BCUT2D eigenvalue weighted by molar-refractivity contribution is 5.64. The molecule has 0 fully saturated rings. The van der Waals surface area contributed by atoms with Crippen LogP contribution in [-0.4, -0.2) is 63.7 Å². The molecule has 0 spiro atoms. The number of hydrogen-bond acceptors (Lipinski definition) is 5. The van der Waals surface area contributed by atoms with Gasteiger partial charge in [-0.25, -0.2) is 4.79 Å². The van der Waals surface area contributed by atoms with Crippen LogP contribution in [0.2, 0.25) is 0 Å².